The van der Waals surface area contributed by atoms with E-state index in [1.165, 1.54) is 18.4 Å². The van der Waals surface area contributed by atoms with Gasteiger partial charge in [-0.3, -0.25) is 0 Å². The summed E-state index contributed by atoms with van der Waals surface area (Å²) in [4.78, 5) is 0. The summed E-state index contributed by atoms with van der Waals surface area (Å²) in [6.07, 6.45) is 3.68. The fourth-order valence-corrected chi connectivity index (χ4v) is 2.32. The van der Waals surface area contributed by atoms with Crippen LogP contribution in [0, 0.1) is 5.92 Å². The molecule has 0 aliphatic rings. The zero-order valence-electron chi connectivity index (χ0n) is 11.7. The van der Waals surface area contributed by atoms with Crippen LogP contribution in [0.4, 0.5) is 0 Å². The Bertz CT molecular complexity index is 294. The molecule has 1 aromatic carbocycles. The van der Waals surface area contributed by atoms with Crippen molar-refractivity contribution in [3.8, 4) is 0 Å². The minimum absolute atomic E-state index is 0.496. The number of nitrogens with one attached hydrogen (secondary N) is 1. The molecule has 0 aromatic heterocycles. The quantitative estimate of drug-likeness (QED) is 0.728. The molecule has 3 unspecified atom stereocenters. The lowest BCUT2D eigenvalue weighted by atomic mass is 9.98. The van der Waals surface area contributed by atoms with Crippen molar-refractivity contribution in [2.75, 3.05) is 0 Å². The molecule has 0 aliphatic heterocycles. The monoisotopic (exact) mass is 233 g/mol. The molecular weight excluding hydrogens is 206 g/mol. The summed E-state index contributed by atoms with van der Waals surface area (Å²) >= 11 is 0. The van der Waals surface area contributed by atoms with Crippen molar-refractivity contribution in [3.63, 3.8) is 0 Å². The van der Waals surface area contributed by atoms with Crippen molar-refractivity contribution >= 4 is 0 Å². The Labute approximate surface area is 107 Å². The van der Waals surface area contributed by atoms with E-state index in [0.29, 0.717) is 12.1 Å². The van der Waals surface area contributed by atoms with Crippen molar-refractivity contribution in [2.24, 2.45) is 5.92 Å². The van der Waals surface area contributed by atoms with Gasteiger partial charge in [-0.05, 0) is 31.2 Å². The van der Waals surface area contributed by atoms with E-state index in [2.05, 4.69) is 63.3 Å². The van der Waals surface area contributed by atoms with Gasteiger partial charge in [-0.25, -0.2) is 0 Å². The number of hydrogen-bond acceptors (Lipinski definition) is 1. The molecule has 0 heterocycles. The third kappa shape index (κ3) is 4.91. The maximum absolute atomic E-state index is 3.75. The smallest absolute Gasteiger partial charge is 0.0319 e. The molecule has 0 bridgehead atoms. The van der Waals surface area contributed by atoms with Crippen LogP contribution in [0.15, 0.2) is 30.3 Å². The summed E-state index contributed by atoms with van der Waals surface area (Å²) in [6.45, 7) is 9.16. The summed E-state index contributed by atoms with van der Waals surface area (Å²) in [6, 6.07) is 11.9. The molecule has 0 aliphatic carbocycles. The van der Waals surface area contributed by atoms with Crippen LogP contribution in [0.5, 0.6) is 0 Å². The van der Waals surface area contributed by atoms with E-state index in [9.17, 15) is 0 Å². The molecule has 1 heteroatoms. The highest BCUT2D eigenvalue weighted by Gasteiger charge is 2.13. The second kappa shape index (κ2) is 7.50. The molecule has 0 saturated heterocycles. The second-order valence-electron chi connectivity index (χ2n) is 5.19. The first kappa shape index (κ1) is 14.2. The highest BCUT2D eigenvalue weighted by atomic mass is 14.9. The van der Waals surface area contributed by atoms with Crippen LogP contribution in [-0.2, 0) is 0 Å². The first-order valence-corrected chi connectivity index (χ1v) is 6.98. The largest absolute Gasteiger partial charge is 0.307 e. The summed E-state index contributed by atoms with van der Waals surface area (Å²) < 4.78 is 0. The maximum Gasteiger partial charge on any atom is 0.0319 e. The molecule has 0 amide bonds. The fourth-order valence-electron chi connectivity index (χ4n) is 2.32. The third-order valence-corrected chi connectivity index (χ3v) is 3.55. The molecule has 0 fully saturated rings. The normalized spacial score (nSPS) is 16.5. The molecule has 0 spiro atoms. The van der Waals surface area contributed by atoms with E-state index in [-0.39, 0.29) is 0 Å². The Morgan fingerprint density at radius 2 is 1.65 bits per heavy atom. The Morgan fingerprint density at radius 3 is 2.18 bits per heavy atom. The van der Waals surface area contributed by atoms with Gasteiger partial charge >= 0.3 is 0 Å². The van der Waals surface area contributed by atoms with E-state index < -0.39 is 0 Å². The number of rotatable bonds is 7. The summed E-state index contributed by atoms with van der Waals surface area (Å²) in [7, 11) is 0. The van der Waals surface area contributed by atoms with Crippen molar-refractivity contribution in [1.82, 2.24) is 5.32 Å². The van der Waals surface area contributed by atoms with Crippen LogP contribution < -0.4 is 5.32 Å². The standard InChI is InChI=1S/C16H27N/c1-5-13(3)12-14(4)17-16(6-2)15-10-8-7-9-11-15/h7-11,13-14,16-17H,5-6,12H2,1-4H3. The molecule has 1 nitrogen and oxygen atoms in total. The first-order valence-electron chi connectivity index (χ1n) is 6.98. The summed E-state index contributed by atoms with van der Waals surface area (Å²) in [5.74, 6) is 0.811. The Balaban J connectivity index is 2.52. The van der Waals surface area contributed by atoms with Crippen molar-refractivity contribution in [3.05, 3.63) is 35.9 Å². The van der Waals surface area contributed by atoms with E-state index in [0.717, 1.165) is 12.3 Å². The van der Waals surface area contributed by atoms with Crippen LogP contribution in [0.1, 0.15) is 58.6 Å². The first-order chi connectivity index (χ1) is 8.17. The van der Waals surface area contributed by atoms with Crippen LogP contribution >= 0.6 is 0 Å². The van der Waals surface area contributed by atoms with Crippen molar-refractivity contribution in [2.45, 2.75) is 59.0 Å². The molecule has 0 saturated carbocycles. The minimum atomic E-state index is 0.496. The molecule has 1 rings (SSSR count). The van der Waals surface area contributed by atoms with Gasteiger partial charge in [0.25, 0.3) is 0 Å². The lowest BCUT2D eigenvalue weighted by Gasteiger charge is -2.24. The van der Waals surface area contributed by atoms with Crippen LogP contribution in [0.3, 0.4) is 0 Å². The zero-order chi connectivity index (χ0) is 12.7. The van der Waals surface area contributed by atoms with Crippen LogP contribution in [0.25, 0.3) is 0 Å². The molecule has 17 heavy (non-hydrogen) atoms. The van der Waals surface area contributed by atoms with E-state index in [4.69, 9.17) is 0 Å². The van der Waals surface area contributed by atoms with E-state index in [1.54, 1.807) is 0 Å². The third-order valence-electron chi connectivity index (χ3n) is 3.55. The predicted molar refractivity (Wildman–Crippen MR) is 76.1 cm³/mol. The van der Waals surface area contributed by atoms with Gasteiger partial charge in [0.05, 0.1) is 0 Å². The topological polar surface area (TPSA) is 12.0 Å². The second-order valence-corrected chi connectivity index (χ2v) is 5.19. The minimum Gasteiger partial charge on any atom is -0.307 e. The molecule has 96 valence electrons. The van der Waals surface area contributed by atoms with Crippen molar-refractivity contribution < 1.29 is 0 Å². The molecule has 3 atom stereocenters. The number of hydrogen-bond donors (Lipinski definition) is 1. The van der Waals surface area contributed by atoms with Gasteiger partial charge in [-0.2, -0.15) is 0 Å². The van der Waals surface area contributed by atoms with Gasteiger partial charge in [0.1, 0.15) is 0 Å². The fraction of sp³-hybridized carbons (Fsp3) is 0.625. The summed E-state index contributed by atoms with van der Waals surface area (Å²) in [5, 5.41) is 3.75. The highest BCUT2D eigenvalue weighted by molar-refractivity contribution is 5.18. The van der Waals surface area contributed by atoms with Crippen LogP contribution in [0.2, 0.25) is 0 Å². The van der Waals surface area contributed by atoms with Gasteiger partial charge < -0.3 is 5.32 Å². The lowest BCUT2D eigenvalue weighted by molar-refractivity contribution is 0.371. The van der Waals surface area contributed by atoms with Gasteiger partial charge in [0.2, 0.25) is 0 Å². The highest BCUT2D eigenvalue weighted by Crippen LogP contribution is 2.19. The molecule has 1 N–H and O–H groups in total. The predicted octanol–water partition coefficient (Wildman–Crippen LogP) is 4.55. The van der Waals surface area contributed by atoms with Crippen molar-refractivity contribution in [1.29, 1.82) is 0 Å². The van der Waals surface area contributed by atoms with E-state index in [1.807, 2.05) is 0 Å². The zero-order valence-corrected chi connectivity index (χ0v) is 11.7. The van der Waals surface area contributed by atoms with Gasteiger partial charge in [-0.1, -0.05) is 57.5 Å². The Hall–Kier alpha value is -0.820. The molecule has 0 radical (unpaired) electrons. The van der Waals surface area contributed by atoms with E-state index >= 15 is 0 Å². The average Bonchev–Trinajstić information content (AvgIpc) is 2.36. The number of benzene rings is 1. The average molecular weight is 233 g/mol. The van der Waals surface area contributed by atoms with Gasteiger partial charge in [-0.15, -0.1) is 0 Å². The molecular formula is C16H27N. The van der Waals surface area contributed by atoms with Gasteiger partial charge in [0.15, 0.2) is 0 Å². The Morgan fingerprint density at radius 1 is 1.00 bits per heavy atom. The summed E-state index contributed by atoms with van der Waals surface area (Å²) in [5.41, 5.74) is 1.41. The maximum atomic E-state index is 3.75. The van der Waals surface area contributed by atoms with Gasteiger partial charge in [0, 0.05) is 12.1 Å². The SMILES string of the molecule is CCC(C)CC(C)NC(CC)c1ccccc1. The molecule has 1 aromatic rings. The lowest BCUT2D eigenvalue weighted by Crippen LogP contribution is -2.31. The Kier molecular flexibility index (Phi) is 6.28. The van der Waals surface area contributed by atoms with Crippen LogP contribution in [-0.4, -0.2) is 6.04 Å².